The third kappa shape index (κ3) is 5.93. The number of ether oxygens (including phenoxy) is 3. The maximum absolute atomic E-state index is 12.6. The molecule has 0 aliphatic carbocycles. The number of carbonyl (C=O) groups is 2. The second-order valence-electron chi connectivity index (χ2n) is 6.28. The van der Waals surface area contributed by atoms with Crippen molar-refractivity contribution in [1.29, 1.82) is 0 Å². The van der Waals surface area contributed by atoms with Gasteiger partial charge in [0.15, 0.2) is 0 Å². The summed E-state index contributed by atoms with van der Waals surface area (Å²) in [5.74, 6) is 0.0670. The molecule has 3 rings (SSSR count). The number of nitrogens with one attached hydrogen (secondary N) is 1. The number of rotatable bonds is 9. The van der Waals surface area contributed by atoms with Crippen molar-refractivity contribution in [2.45, 2.75) is 6.92 Å². The first kappa shape index (κ1) is 21.1. The Bertz CT molecular complexity index is 970. The molecule has 30 heavy (non-hydrogen) atoms. The SMILES string of the molecule is CCOCCOc1ccccc1C(=O)Oc1ccc(NC(=O)c2ccccc2)cc1. The third-order valence-corrected chi connectivity index (χ3v) is 4.16. The van der Waals surface area contributed by atoms with Crippen molar-refractivity contribution in [2.75, 3.05) is 25.1 Å². The molecule has 0 unspecified atom stereocenters. The predicted octanol–water partition coefficient (Wildman–Crippen LogP) is 4.57. The van der Waals surface area contributed by atoms with Crippen LogP contribution in [0.5, 0.6) is 11.5 Å². The summed E-state index contributed by atoms with van der Waals surface area (Å²) in [5.41, 5.74) is 1.49. The van der Waals surface area contributed by atoms with Crippen LogP contribution in [0, 0.1) is 0 Å². The molecule has 154 valence electrons. The molecule has 3 aromatic carbocycles. The molecule has 1 N–H and O–H groups in total. The van der Waals surface area contributed by atoms with Crippen molar-refractivity contribution >= 4 is 17.6 Å². The smallest absolute Gasteiger partial charge is 0.347 e. The van der Waals surface area contributed by atoms with Gasteiger partial charge in [0.1, 0.15) is 23.7 Å². The molecular formula is C24H23NO5. The molecular weight excluding hydrogens is 382 g/mol. The monoisotopic (exact) mass is 405 g/mol. The summed E-state index contributed by atoms with van der Waals surface area (Å²) in [5, 5.41) is 2.80. The third-order valence-electron chi connectivity index (χ3n) is 4.16. The number of benzene rings is 3. The summed E-state index contributed by atoms with van der Waals surface area (Å²) in [6.07, 6.45) is 0. The van der Waals surface area contributed by atoms with E-state index in [0.717, 1.165) is 0 Å². The summed E-state index contributed by atoms with van der Waals surface area (Å²) in [6.45, 7) is 3.29. The van der Waals surface area contributed by atoms with E-state index in [2.05, 4.69) is 5.32 Å². The van der Waals surface area contributed by atoms with Crippen LogP contribution in [0.4, 0.5) is 5.69 Å². The number of esters is 1. The Morgan fingerprint density at radius 3 is 2.27 bits per heavy atom. The predicted molar refractivity (Wildman–Crippen MR) is 114 cm³/mol. The van der Waals surface area contributed by atoms with Gasteiger partial charge >= 0.3 is 5.97 Å². The van der Waals surface area contributed by atoms with Gasteiger partial charge in [0.2, 0.25) is 0 Å². The number of anilines is 1. The lowest BCUT2D eigenvalue weighted by Crippen LogP contribution is -2.13. The van der Waals surface area contributed by atoms with Gasteiger partial charge in [-0.1, -0.05) is 30.3 Å². The molecule has 0 saturated carbocycles. The Balaban J connectivity index is 1.60. The molecule has 0 bridgehead atoms. The molecule has 6 heteroatoms. The van der Waals surface area contributed by atoms with Crippen LogP contribution in [-0.4, -0.2) is 31.7 Å². The minimum absolute atomic E-state index is 0.210. The largest absolute Gasteiger partial charge is 0.490 e. The highest BCUT2D eigenvalue weighted by molar-refractivity contribution is 6.04. The van der Waals surface area contributed by atoms with Crippen molar-refractivity contribution in [2.24, 2.45) is 0 Å². The fourth-order valence-electron chi connectivity index (χ4n) is 2.68. The van der Waals surface area contributed by atoms with E-state index < -0.39 is 5.97 Å². The number of hydrogen-bond donors (Lipinski definition) is 1. The van der Waals surface area contributed by atoms with Crippen LogP contribution < -0.4 is 14.8 Å². The van der Waals surface area contributed by atoms with Crippen molar-refractivity contribution < 1.29 is 23.8 Å². The van der Waals surface area contributed by atoms with Gasteiger partial charge in [-0.2, -0.15) is 0 Å². The van der Waals surface area contributed by atoms with E-state index in [-0.39, 0.29) is 5.91 Å². The Labute approximate surface area is 175 Å². The minimum atomic E-state index is -0.525. The van der Waals surface area contributed by atoms with Gasteiger partial charge in [-0.15, -0.1) is 0 Å². The Morgan fingerprint density at radius 1 is 0.833 bits per heavy atom. The van der Waals surface area contributed by atoms with Crippen molar-refractivity contribution in [3.8, 4) is 11.5 Å². The first-order valence-electron chi connectivity index (χ1n) is 9.65. The number of amides is 1. The summed E-state index contributed by atoms with van der Waals surface area (Å²) in [7, 11) is 0. The molecule has 0 spiro atoms. The first-order valence-corrected chi connectivity index (χ1v) is 9.65. The molecule has 0 aromatic heterocycles. The van der Waals surface area contributed by atoms with Gasteiger partial charge in [0, 0.05) is 17.9 Å². The van der Waals surface area contributed by atoms with Gasteiger partial charge in [-0.25, -0.2) is 4.79 Å². The lowest BCUT2D eigenvalue weighted by atomic mass is 10.2. The van der Waals surface area contributed by atoms with Crippen LogP contribution in [-0.2, 0) is 4.74 Å². The molecule has 0 aliphatic rings. The molecule has 0 aliphatic heterocycles. The normalized spacial score (nSPS) is 10.3. The Hall–Kier alpha value is -3.64. The summed E-state index contributed by atoms with van der Waals surface area (Å²) in [6, 6.07) is 22.4. The van der Waals surface area contributed by atoms with E-state index in [9.17, 15) is 9.59 Å². The van der Waals surface area contributed by atoms with Crippen LogP contribution in [0.3, 0.4) is 0 Å². The molecule has 0 saturated heterocycles. The summed E-state index contributed by atoms with van der Waals surface area (Å²) >= 11 is 0. The van der Waals surface area contributed by atoms with Crippen LogP contribution in [0.1, 0.15) is 27.6 Å². The zero-order valence-corrected chi connectivity index (χ0v) is 16.7. The number of para-hydroxylation sites is 1. The second kappa shape index (κ2) is 10.8. The van der Waals surface area contributed by atoms with Crippen LogP contribution in [0.2, 0.25) is 0 Å². The van der Waals surface area contributed by atoms with E-state index in [4.69, 9.17) is 14.2 Å². The zero-order valence-electron chi connectivity index (χ0n) is 16.7. The minimum Gasteiger partial charge on any atom is -0.490 e. The van der Waals surface area contributed by atoms with Gasteiger partial charge in [-0.3, -0.25) is 4.79 Å². The lowest BCUT2D eigenvalue weighted by Gasteiger charge is -2.11. The van der Waals surface area contributed by atoms with E-state index >= 15 is 0 Å². The highest BCUT2D eigenvalue weighted by Gasteiger charge is 2.15. The van der Waals surface area contributed by atoms with E-state index in [1.807, 2.05) is 13.0 Å². The van der Waals surface area contributed by atoms with Crippen LogP contribution >= 0.6 is 0 Å². The van der Waals surface area contributed by atoms with Crippen molar-refractivity contribution in [3.05, 3.63) is 90.0 Å². The topological polar surface area (TPSA) is 73.9 Å². The molecule has 0 heterocycles. The Morgan fingerprint density at radius 2 is 1.53 bits per heavy atom. The molecule has 0 fully saturated rings. The quantitative estimate of drug-likeness (QED) is 0.321. The fourth-order valence-corrected chi connectivity index (χ4v) is 2.68. The molecule has 6 nitrogen and oxygen atoms in total. The number of hydrogen-bond acceptors (Lipinski definition) is 5. The highest BCUT2D eigenvalue weighted by Crippen LogP contribution is 2.22. The molecule has 3 aromatic rings. The van der Waals surface area contributed by atoms with E-state index in [0.29, 0.717) is 48.1 Å². The van der Waals surface area contributed by atoms with Gasteiger partial charge in [0.05, 0.1) is 6.61 Å². The Kier molecular flexibility index (Phi) is 7.58. The second-order valence-corrected chi connectivity index (χ2v) is 6.28. The lowest BCUT2D eigenvalue weighted by molar-refractivity contribution is 0.0724. The number of carbonyl (C=O) groups excluding carboxylic acids is 2. The van der Waals surface area contributed by atoms with Gasteiger partial charge < -0.3 is 19.5 Å². The maximum atomic E-state index is 12.6. The first-order chi connectivity index (χ1) is 14.7. The molecule has 0 atom stereocenters. The van der Waals surface area contributed by atoms with Crippen LogP contribution in [0.25, 0.3) is 0 Å². The van der Waals surface area contributed by atoms with Gasteiger partial charge in [0.25, 0.3) is 5.91 Å². The highest BCUT2D eigenvalue weighted by atomic mass is 16.5. The molecule has 1 amide bonds. The maximum Gasteiger partial charge on any atom is 0.347 e. The van der Waals surface area contributed by atoms with E-state index in [1.165, 1.54) is 0 Å². The zero-order chi connectivity index (χ0) is 21.2. The molecule has 0 radical (unpaired) electrons. The summed E-state index contributed by atoms with van der Waals surface area (Å²) < 4.78 is 16.3. The average Bonchev–Trinajstić information content (AvgIpc) is 2.79. The van der Waals surface area contributed by atoms with Gasteiger partial charge in [-0.05, 0) is 55.5 Å². The van der Waals surface area contributed by atoms with Crippen molar-refractivity contribution in [3.63, 3.8) is 0 Å². The standard InChI is InChI=1S/C24H23NO5/c1-2-28-16-17-29-22-11-7-6-10-21(22)24(27)30-20-14-12-19(13-15-20)25-23(26)18-8-4-3-5-9-18/h3-15H,2,16-17H2,1H3,(H,25,26). The summed E-state index contributed by atoms with van der Waals surface area (Å²) in [4.78, 5) is 24.8. The van der Waals surface area contributed by atoms with Crippen molar-refractivity contribution in [1.82, 2.24) is 0 Å². The van der Waals surface area contributed by atoms with E-state index in [1.54, 1.807) is 72.8 Å². The average molecular weight is 405 g/mol. The van der Waals surface area contributed by atoms with Crippen LogP contribution in [0.15, 0.2) is 78.9 Å². The fraction of sp³-hybridized carbons (Fsp3) is 0.167.